The van der Waals surface area contributed by atoms with Crippen LogP contribution in [0.5, 0.6) is 0 Å². The molecule has 2 rings (SSSR count). The van der Waals surface area contributed by atoms with E-state index in [1.165, 1.54) is 11.1 Å². The topological polar surface area (TPSA) is 29.1 Å². The molecule has 0 radical (unpaired) electrons. The standard InChI is InChI=1S/C20H25NOS/c1-20(2,3)17-9-11-18(12-10-17)23-15-19(22)21-14-13-16-7-5-4-6-8-16/h4-12H,13-15H2,1-3H3,(H,21,22). The number of hydrogen-bond acceptors (Lipinski definition) is 2. The molecule has 0 spiro atoms. The molecule has 0 heterocycles. The molecule has 122 valence electrons. The smallest absolute Gasteiger partial charge is 0.230 e. The summed E-state index contributed by atoms with van der Waals surface area (Å²) in [6, 6.07) is 18.7. The van der Waals surface area contributed by atoms with Gasteiger partial charge < -0.3 is 5.32 Å². The fourth-order valence-corrected chi connectivity index (χ4v) is 2.97. The van der Waals surface area contributed by atoms with Crippen molar-refractivity contribution in [3.63, 3.8) is 0 Å². The van der Waals surface area contributed by atoms with E-state index in [0.717, 1.165) is 11.3 Å². The molecule has 3 heteroatoms. The van der Waals surface area contributed by atoms with Gasteiger partial charge in [0, 0.05) is 11.4 Å². The molecule has 1 amide bonds. The highest BCUT2D eigenvalue weighted by Gasteiger charge is 2.13. The van der Waals surface area contributed by atoms with Crippen molar-refractivity contribution in [3.8, 4) is 0 Å². The molecule has 0 fully saturated rings. The van der Waals surface area contributed by atoms with Gasteiger partial charge >= 0.3 is 0 Å². The highest BCUT2D eigenvalue weighted by atomic mass is 32.2. The van der Waals surface area contributed by atoms with Crippen molar-refractivity contribution in [3.05, 3.63) is 65.7 Å². The van der Waals surface area contributed by atoms with Gasteiger partial charge in [-0.3, -0.25) is 4.79 Å². The number of carbonyl (C=O) groups is 1. The van der Waals surface area contributed by atoms with Crippen molar-refractivity contribution in [1.82, 2.24) is 5.32 Å². The number of rotatable bonds is 6. The van der Waals surface area contributed by atoms with Crippen LogP contribution in [-0.2, 0) is 16.6 Å². The Morgan fingerprint density at radius 2 is 1.65 bits per heavy atom. The molecule has 0 bridgehead atoms. The molecule has 2 aromatic rings. The Morgan fingerprint density at radius 1 is 1.00 bits per heavy atom. The van der Waals surface area contributed by atoms with Gasteiger partial charge in [-0.1, -0.05) is 63.2 Å². The van der Waals surface area contributed by atoms with E-state index >= 15 is 0 Å². The Kier molecular flexibility index (Phi) is 6.28. The lowest BCUT2D eigenvalue weighted by molar-refractivity contribution is -0.118. The third-order valence-electron chi connectivity index (χ3n) is 3.67. The zero-order valence-electron chi connectivity index (χ0n) is 14.1. The number of amides is 1. The van der Waals surface area contributed by atoms with Crippen molar-refractivity contribution in [1.29, 1.82) is 0 Å². The Labute approximate surface area is 143 Å². The number of benzene rings is 2. The lowest BCUT2D eigenvalue weighted by Crippen LogP contribution is -2.27. The van der Waals surface area contributed by atoms with Gasteiger partial charge in [0.15, 0.2) is 0 Å². The van der Waals surface area contributed by atoms with Gasteiger partial charge in [-0.05, 0) is 35.1 Å². The summed E-state index contributed by atoms with van der Waals surface area (Å²) in [5.74, 6) is 0.551. The Bertz CT molecular complexity index is 614. The van der Waals surface area contributed by atoms with Crippen LogP contribution in [0.15, 0.2) is 59.5 Å². The van der Waals surface area contributed by atoms with E-state index in [1.54, 1.807) is 11.8 Å². The molecule has 0 atom stereocenters. The molecule has 0 aromatic heterocycles. The van der Waals surface area contributed by atoms with Gasteiger partial charge in [-0.15, -0.1) is 11.8 Å². The summed E-state index contributed by atoms with van der Waals surface area (Å²) in [7, 11) is 0. The van der Waals surface area contributed by atoms with Crippen LogP contribution in [0.25, 0.3) is 0 Å². The van der Waals surface area contributed by atoms with E-state index in [-0.39, 0.29) is 11.3 Å². The lowest BCUT2D eigenvalue weighted by atomic mass is 9.87. The van der Waals surface area contributed by atoms with Crippen LogP contribution in [0.2, 0.25) is 0 Å². The minimum Gasteiger partial charge on any atom is -0.355 e. The van der Waals surface area contributed by atoms with Gasteiger partial charge in [0.25, 0.3) is 0 Å². The summed E-state index contributed by atoms with van der Waals surface area (Å²) < 4.78 is 0. The van der Waals surface area contributed by atoms with Crippen molar-refractivity contribution >= 4 is 17.7 Å². The van der Waals surface area contributed by atoms with Crippen LogP contribution in [-0.4, -0.2) is 18.2 Å². The fraction of sp³-hybridized carbons (Fsp3) is 0.350. The maximum atomic E-state index is 11.9. The quantitative estimate of drug-likeness (QED) is 0.795. The third kappa shape index (κ3) is 6.11. The zero-order chi connectivity index (χ0) is 16.7. The molecule has 0 aliphatic carbocycles. The molecule has 2 nitrogen and oxygen atoms in total. The average Bonchev–Trinajstić information content (AvgIpc) is 2.53. The van der Waals surface area contributed by atoms with Crippen molar-refractivity contribution < 1.29 is 4.79 Å². The Hall–Kier alpha value is -1.74. The summed E-state index contributed by atoms with van der Waals surface area (Å²) in [6.07, 6.45) is 0.873. The van der Waals surface area contributed by atoms with Gasteiger partial charge in [-0.2, -0.15) is 0 Å². The van der Waals surface area contributed by atoms with Crippen molar-refractivity contribution in [2.75, 3.05) is 12.3 Å². The summed E-state index contributed by atoms with van der Waals surface area (Å²) in [4.78, 5) is 13.0. The molecule has 2 aromatic carbocycles. The summed E-state index contributed by atoms with van der Waals surface area (Å²) in [5, 5.41) is 2.98. The van der Waals surface area contributed by atoms with Gasteiger partial charge in [0.2, 0.25) is 5.91 Å². The maximum absolute atomic E-state index is 11.9. The van der Waals surface area contributed by atoms with E-state index in [9.17, 15) is 4.79 Å². The minimum atomic E-state index is 0.0887. The molecule has 0 aliphatic rings. The molecule has 0 aliphatic heterocycles. The number of hydrogen-bond donors (Lipinski definition) is 1. The van der Waals surface area contributed by atoms with Crippen LogP contribution >= 0.6 is 11.8 Å². The minimum absolute atomic E-state index is 0.0887. The van der Waals surface area contributed by atoms with Crippen LogP contribution < -0.4 is 5.32 Å². The third-order valence-corrected chi connectivity index (χ3v) is 4.68. The second-order valence-electron chi connectivity index (χ2n) is 6.65. The highest BCUT2D eigenvalue weighted by molar-refractivity contribution is 8.00. The molecule has 23 heavy (non-hydrogen) atoms. The maximum Gasteiger partial charge on any atom is 0.230 e. The number of nitrogens with one attached hydrogen (secondary N) is 1. The predicted octanol–water partition coefficient (Wildman–Crippen LogP) is 4.44. The first kappa shape index (κ1) is 17.6. The SMILES string of the molecule is CC(C)(C)c1ccc(SCC(=O)NCCc2ccccc2)cc1. The highest BCUT2D eigenvalue weighted by Crippen LogP contribution is 2.25. The monoisotopic (exact) mass is 327 g/mol. The van der Waals surface area contributed by atoms with E-state index in [2.05, 4.69) is 62.5 Å². The second-order valence-corrected chi connectivity index (χ2v) is 7.70. The molecule has 0 saturated heterocycles. The molecule has 0 saturated carbocycles. The average molecular weight is 327 g/mol. The summed E-state index contributed by atoms with van der Waals surface area (Å²) in [6.45, 7) is 7.30. The predicted molar refractivity (Wildman–Crippen MR) is 99.0 cm³/mol. The van der Waals surface area contributed by atoms with Crippen molar-refractivity contribution in [2.45, 2.75) is 37.5 Å². The first-order chi connectivity index (χ1) is 10.9. The van der Waals surface area contributed by atoms with Crippen LogP contribution in [0.3, 0.4) is 0 Å². The molecule has 1 N–H and O–H groups in total. The van der Waals surface area contributed by atoms with Crippen LogP contribution in [0.4, 0.5) is 0 Å². The Balaban J connectivity index is 1.72. The lowest BCUT2D eigenvalue weighted by Gasteiger charge is -2.19. The molecular formula is C20H25NOS. The summed E-state index contributed by atoms with van der Waals surface area (Å²) >= 11 is 1.58. The Morgan fingerprint density at radius 3 is 2.26 bits per heavy atom. The molecular weight excluding hydrogens is 302 g/mol. The normalized spacial score (nSPS) is 11.3. The van der Waals surface area contributed by atoms with Crippen LogP contribution in [0, 0.1) is 0 Å². The first-order valence-corrected chi connectivity index (χ1v) is 8.98. The second kappa shape index (κ2) is 8.21. The van der Waals surface area contributed by atoms with E-state index in [4.69, 9.17) is 0 Å². The van der Waals surface area contributed by atoms with Crippen molar-refractivity contribution in [2.24, 2.45) is 0 Å². The molecule has 0 unspecified atom stereocenters. The van der Waals surface area contributed by atoms with Crippen LogP contribution in [0.1, 0.15) is 31.9 Å². The van der Waals surface area contributed by atoms with Gasteiger partial charge in [0.1, 0.15) is 0 Å². The van der Waals surface area contributed by atoms with Gasteiger partial charge in [-0.25, -0.2) is 0 Å². The zero-order valence-corrected chi connectivity index (χ0v) is 15.0. The van der Waals surface area contributed by atoms with E-state index < -0.39 is 0 Å². The van der Waals surface area contributed by atoms with E-state index in [1.807, 2.05) is 18.2 Å². The van der Waals surface area contributed by atoms with Gasteiger partial charge in [0.05, 0.1) is 5.75 Å². The number of thioether (sulfide) groups is 1. The summed E-state index contributed by atoms with van der Waals surface area (Å²) in [5.41, 5.74) is 2.73. The first-order valence-electron chi connectivity index (χ1n) is 7.99. The largest absolute Gasteiger partial charge is 0.355 e. The fourth-order valence-electron chi connectivity index (χ4n) is 2.24. The number of carbonyl (C=O) groups excluding carboxylic acids is 1. The van der Waals surface area contributed by atoms with E-state index in [0.29, 0.717) is 12.3 Å².